The maximum Gasteiger partial charge on any atom is 0.339 e. The lowest BCUT2D eigenvalue weighted by atomic mass is 9.79. The van der Waals surface area contributed by atoms with Gasteiger partial charge in [-0.2, -0.15) is 0 Å². The third-order valence-corrected chi connectivity index (χ3v) is 10.7. The molecule has 0 saturated carbocycles. The van der Waals surface area contributed by atoms with Gasteiger partial charge in [-0.1, -0.05) is 68.4 Å². The van der Waals surface area contributed by atoms with Gasteiger partial charge in [-0.05, 0) is 55.3 Å². The summed E-state index contributed by atoms with van der Waals surface area (Å²) in [6.45, 7) is 1.66. The van der Waals surface area contributed by atoms with Gasteiger partial charge in [-0.25, -0.2) is 33.6 Å². The number of methoxy groups -OCH3 is 4. The van der Waals surface area contributed by atoms with Gasteiger partial charge < -0.3 is 37.9 Å². The van der Waals surface area contributed by atoms with Crippen LogP contribution in [0.25, 0.3) is 0 Å². The van der Waals surface area contributed by atoms with E-state index in [9.17, 15) is 38.4 Å². The van der Waals surface area contributed by atoms with Crippen LogP contribution in [0.1, 0.15) is 116 Å². The minimum absolute atomic E-state index is 0.0149. The standard InChI is InChI=1S/C48H50O16/c1-7-47(25-39(49)31-17-9-10-18-32(31)40(50)57-3,28-62-44(54)36-22-14-11-19-33(36)41(51)58-4)26-61-27-48(8-2,29-63-45(55)37-23-15-12-20-34(37)42(52)59-5)30-64-46(56)38-24-16-13-21-35(38)43(53)60-6/h9-24H,7-8,25-30H2,1-6H3. The van der Waals surface area contributed by atoms with Crippen LogP contribution in [0, 0.1) is 10.8 Å². The van der Waals surface area contributed by atoms with E-state index in [1.54, 1.807) is 50.2 Å². The van der Waals surface area contributed by atoms with E-state index in [0.717, 1.165) is 0 Å². The van der Waals surface area contributed by atoms with Crippen molar-refractivity contribution in [2.24, 2.45) is 10.8 Å². The Labute approximate surface area is 370 Å². The normalized spacial score (nSPS) is 11.8. The Morgan fingerprint density at radius 3 is 0.906 bits per heavy atom. The maximum absolute atomic E-state index is 14.1. The average molecular weight is 883 g/mol. The molecule has 0 aliphatic heterocycles. The van der Waals surface area contributed by atoms with Gasteiger partial charge in [0.2, 0.25) is 0 Å². The Morgan fingerprint density at radius 1 is 0.359 bits per heavy atom. The van der Waals surface area contributed by atoms with Crippen LogP contribution in [0.4, 0.5) is 0 Å². The number of benzene rings is 4. The van der Waals surface area contributed by atoms with Crippen LogP contribution in [0.2, 0.25) is 0 Å². The van der Waals surface area contributed by atoms with E-state index >= 15 is 0 Å². The minimum atomic E-state index is -1.30. The monoisotopic (exact) mass is 882 g/mol. The first-order valence-electron chi connectivity index (χ1n) is 20.0. The number of hydrogen-bond donors (Lipinski definition) is 0. The molecule has 0 N–H and O–H groups in total. The lowest BCUT2D eigenvalue weighted by Crippen LogP contribution is -2.41. The molecule has 1 unspecified atom stereocenters. The molecule has 64 heavy (non-hydrogen) atoms. The summed E-state index contributed by atoms with van der Waals surface area (Å²) in [5.41, 5.74) is -2.92. The first-order chi connectivity index (χ1) is 30.7. The van der Waals surface area contributed by atoms with E-state index in [1.165, 1.54) is 89.1 Å². The zero-order chi connectivity index (χ0) is 46.9. The molecule has 4 rings (SSSR count). The number of carbonyl (C=O) groups excluding carboxylic acids is 8. The predicted molar refractivity (Wildman–Crippen MR) is 227 cm³/mol. The summed E-state index contributed by atoms with van der Waals surface area (Å²) >= 11 is 0. The van der Waals surface area contributed by atoms with Crippen molar-refractivity contribution in [2.45, 2.75) is 33.1 Å². The van der Waals surface area contributed by atoms with Crippen LogP contribution < -0.4 is 0 Å². The number of ether oxygens (including phenoxy) is 8. The molecule has 0 aliphatic carbocycles. The molecule has 0 spiro atoms. The Hall–Kier alpha value is -7.20. The molecule has 0 bridgehead atoms. The van der Waals surface area contributed by atoms with Gasteiger partial charge in [0.05, 0.1) is 92.6 Å². The zero-order valence-corrected chi connectivity index (χ0v) is 36.4. The molecule has 4 aromatic carbocycles. The van der Waals surface area contributed by atoms with Crippen LogP contribution in [0.3, 0.4) is 0 Å². The van der Waals surface area contributed by atoms with Crippen LogP contribution in [0.5, 0.6) is 0 Å². The van der Waals surface area contributed by atoms with Crippen LogP contribution in [0.15, 0.2) is 97.1 Å². The van der Waals surface area contributed by atoms with Gasteiger partial charge >= 0.3 is 41.8 Å². The molecule has 16 heteroatoms. The van der Waals surface area contributed by atoms with Gasteiger partial charge in [0.1, 0.15) is 13.2 Å². The Kier molecular flexibility index (Phi) is 18.0. The molecule has 0 amide bonds. The van der Waals surface area contributed by atoms with E-state index in [1.807, 2.05) is 0 Å². The third kappa shape index (κ3) is 12.2. The first kappa shape index (κ1) is 49.5. The Morgan fingerprint density at radius 2 is 0.609 bits per heavy atom. The largest absolute Gasteiger partial charge is 0.465 e. The molecule has 0 fully saturated rings. The van der Waals surface area contributed by atoms with Crippen molar-refractivity contribution in [3.05, 3.63) is 142 Å². The highest BCUT2D eigenvalue weighted by Gasteiger charge is 2.39. The average Bonchev–Trinajstić information content (AvgIpc) is 3.34. The van der Waals surface area contributed by atoms with E-state index < -0.39 is 78.2 Å². The lowest BCUT2D eigenvalue weighted by Gasteiger charge is -2.35. The quantitative estimate of drug-likeness (QED) is 0.0452. The highest BCUT2D eigenvalue weighted by molar-refractivity contribution is 6.07. The third-order valence-electron chi connectivity index (χ3n) is 10.7. The number of carbonyl (C=O) groups is 8. The second-order valence-corrected chi connectivity index (χ2v) is 14.7. The van der Waals surface area contributed by atoms with Crippen LogP contribution in [-0.4, -0.2) is 109 Å². The molecule has 0 aromatic heterocycles. The van der Waals surface area contributed by atoms with Crippen LogP contribution in [-0.2, 0) is 37.9 Å². The van der Waals surface area contributed by atoms with Crippen molar-refractivity contribution in [2.75, 3.05) is 61.5 Å². The van der Waals surface area contributed by atoms with Gasteiger partial charge in [0, 0.05) is 17.4 Å². The second-order valence-electron chi connectivity index (χ2n) is 14.7. The number of esters is 7. The van der Waals surface area contributed by atoms with Crippen molar-refractivity contribution >= 4 is 47.6 Å². The smallest absolute Gasteiger partial charge is 0.339 e. The van der Waals surface area contributed by atoms with Crippen LogP contribution >= 0.6 is 0 Å². The molecule has 1 atom stereocenters. The SMILES string of the molecule is CCC(COCC(CC)(COC(=O)c1ccccc1C(=O)OC)CC(=O)c1ccccc1C(=O)OC)(COC(=O)c1ccccc1C(=O)OC)COC(=O)c1ccccc1C(=O)OC. The summed E-state index contributed by atoms with van der Waals surface area (Å²) in [5, 5.41) is 0. The second kappa shape index (κ2) is 23.3. The number of ketones is 1. The van der Waals surface area contributed by atoms with E-state index in [0.29, 0.717) is 0 Å². The Bertz CT molecular complexity index is 2270. The summed E-state index contributed by atoms with van der Waals surface area (Å²) < 4.78 is 43.2. The van der Waals surface area contributed by atoms with E-state index in [2.05, 4.69) is 0 Å². The summed E-state index contributed by atoms with van der Waals surface area (Å²) in [4.78, 5) is 105. The van der Waals surface area contributed by atoms with Gasteiger partial charge in [0.25, 0.3) is 0 Å². The molecule has 0 aliphatic rings. The highest BCUT2D eigenvalue weighted by Crippen LogP contribution is 2.34. The van der Waals surface area contributed by atoms with Crippen molar-refractivity contribution in [3.8, 4) is 0 Å². The minimum Gasteiger partial charge on any atom is -0.465 e. The fourth-order valence-electron chi connectivity index (χ4n) is 6.57. The van der Waals surface area contributed by atoms with Gasteiger partial charge in [0.15, 0.2) is 5.78 Å². The fourth-order valence-corrected chi connectivity index (χ4v) is 6.57. The molecule has 0 saturated heterocycles. The predicted octanol–water partition coefficient (Wildman–Crippen LogP) is 6.79. The number of hydrogen-bond acceptors (Lipinski definition) is 16. The number of Topliss-reactive ketones (excluding diaryl/α,β-unsaturated/α-hetero) is 1. The molecule has 0 radical (unpaired) electrons. The summed E-state index contributed by atoms with van der Waals surface area (Å²) in [6.07, 6.45) is 0.0126. The lowest BCUT2D eigenvalue weighted by molar-refractivity contribution is -0.0753. The van der Waals surface area contributed by atoms with E-state index in [4.69, 9.17) is 37.9 Å². The van der Waals surface area contributed by atoms with Gasteiger partial charge in [-0.15, -0.1) is 0 Å². The molecule has 16 nitrogen and oxygen atoms in total. The first-order valence-corrected chi connectivity index (χ1v) is 20.0. The maximum atomic E-state index is 14.1. The van der Waals surface area contributed by atoms with Crippen molar-refractivity contribution in [1.29, 1.82) is 0 Å². The molecule has 338 valence electrons. The molecular formula is C48H50O16. The Balaban J connectivity index is 1.70. The fraction of sp³-hybridized carbons (Fsp3) is 0.333. The highest BCUT2D eigenvalue weighted by atomic mass is 16.6. The van der Waals surface area contributed by atoms with Crippen molar-refractivity contribution < 1.29 is 76.3 Å². The van der Waals surface area contributed by atoms with Crippen molar-refractivity contribution in [3.63, 3.8) is 0 Å². The molecular weight excluding hydrogens is 833 g/mol. The topological polar surface area (TPSA) is 210 Å². The van der Waals surface area contributed by atoms with E-state index in [-0.39, 0.29) is 77.0 Å². The summed E-state index contributed by atoms with van der Waals surface area (Å²) in [7, 11) is 4.69. The summed E-state index contributed by atoms with van der Waals surface area (Å²) in [5.74, 6) is -6.23. The zero-order valence-electron chi connectivity index (χ0n) is 36.4. The number of rotatable bonds is 22. The molecule has 4 aromatic rings. The summed E-state index contributed by atoms with van der Waals surface area (Å²) in [6, 6.07) is 23.7. The van der Waals surface area contributed by atoms with Crippen molar-refractivity contribution in [1.82, 2.24) is 0 Å². The van der Waals surface area contributed by atoms with Gasteiger partial charge in [-0.3, -0.25) is 4.79 Å². The molecule has 0 heterocycles.